The van der Waals surface area contributed by atoms with Crippen LogP contribution in [0.2, 0.25) is 0 Å². The van der Waals surface area contributed by atoms with Gasteiger partial charge in [-0.25, -0.2) is 9.88 Å². The van der Waals surface area contributed by atoms with Gasteiger partial charge in [0, 0.05) is 18.3 Å². The van der Waals surface area contributed by atoms with Gasteiger partial charge in [-0.15, -0.1) is 0 Å². The molecule has 1 aromatic heterocycles. The van der Waals surface area contributed by atoms with Crippen molar-refractivity contribution in [3.8, 4) is 5.75 Å². The molecule has 1 aliphatic heterocycles. The zero-order chi connectivity index (χ0) is 27.4. The molecule has 2 heterocycles. The molecule has 6 atom stereocenters. The molecule has 2 aromatic rings. The first kappa shape index (κ1) is 29.2. The SMILES string of the molecule is CC(CC(=O)OC(C)C)NP(=S)(OC[C@H]1O[C@@H](n2ccc(=O)[nH]c2=O)[C@](C)(O)[C@@H]1O)Oc1ccccc1. The molecule has 1 fully saturated rings. The summed E-state index contributed by atoms with van der Waals surface area (Å²) in [6.07, 6.45) is -2.99. The Balaban J connectivity index is 1.77. The highest BCUT2D eigenvalue weighted by Crippen LogP contribution is 2.47. The average Bonchev–Trinajstić information content (AvgIpc) is 3.01. The Morgan fingerprint density at radius 3 is 2.57 bits per heavy atom. The van der Waals surface area contributed by atoms with E-state index in [-0.39, 0.29) is 19.1 Å². The number of H-pyrrole nitrogens is 1. The van der Waals surface area contributed by atoms with Crippen LogP contribution in [-0.2, 0) is 30.6 Å². The summed E-state index contributed by atoms with van der Waals surface area (Å²) in [7, 11) is 0. The molecule has 3 rings (SSSR count). The lowest BCUT2D eigenvalue weighted by atomic mass is 9.96. The van der Waals surface area contributed by atoms with E-state index in [2.05, 4.69) is 10.1 Å². The number of aromatic nitrogens is 2. The number of carbonyl (C=O) groups excluding carboxylic acids is 1. The van der Waals surface area contributed by atoms with E-state index in [1.165, 1.54) is 13.1 Å². The van der Waals surface area contributed by atoms with Crippen LogP contribution in [-0.4, -0.2) is 62.3 Å². The number of hydrogen-bond acceptors (Lipinski definition) is 10. The summed E-state index contributed by atoms with van der Waals surface area (Å²) in [6, 6.07) is 9.31. The first-order valence-electron chi connectivity index (χ1n) is 11.6. The number of hydrogen-bond donors (Lipinski definition) is 4. The van der Waals surface area contributed by atoms with Crippen LogP contribution < -0.4 is 20.9 Å². The van der Waals surface area contributed by atoms with Gasteiger partial charge in [0.05, 0.1) is 19.1 Å². The van der Waals surface area contributed by atoms with Gasteiger partial charge in [0.15, 0.2) is 6.23 Å². The maximum atomic E-state index is 12.2. The number of nitrogens with one attached hydrogen (secondary N) is 2. The molecule has 1 saturated heterocycles. The van der Waals surface area contributed by atoms with Gasteiger partial charge >= 0.3 is 18.3 Å². The third-order valence-corrected chi connectivity index (χ3v) is 8.01. The minimum absolute atomic E-state index is 0.00649. The van der Waals surface area contributed by atoms with Crippen LogP contribution in [0.3, 0.4) is 0 Å². The molecular formula is C23H32N3O9PS. The molecule has 2 unspecified atom stereocenters. The lowest BCUT2D eigenvalue weighted by Crippen LogP contribution is -2.47. The van der Waals surface area contributed by atoms with Crippen molar-refractivity contribution in [3.05, 3.63) is 63.4 Å². The Labute approximate surface area is 218 Å². The Morgan fingerprint density at radius 1 is 1.27 bits per heavy atom. The summed E-state index contributed by atoms with van der Waals surface area (Å²) in [5.74, 6) is 0.00360. The van der Waals surface area contributed by atoms with Gasteiger partial charge < -0.3 is 28.7 Å². The Bertz CT molecular complexity index is 1230. The number of benzene rings is 1. The number of aliphatic hydroxyl groups is 2. The monoisotopic (exact) mass is 557 g/mol. The van der Waals surface area contributed by atoms with E-state index in [0.29, 0.717) is 5.75 Å². The van der Waals surface area contributed by atoms with E-state index >= 15 is 0 Å². The topological polar surface area (TPSA) is 161 Å². The third kappa shape index (κ3) is 7.57. The number of carbonyl (C=O) groups is 1. The van der Waals surface area contributed by atoms with Crippen LogP contribution in [0.1, 0.15) is 40.3 Å². The minimum Gasteiger partial charge on any atom is -0.463 e. The van der Waals surface area contributed by atoms with Crippen LogP contribution in [0.25, 0.3) is 0 Å². The molecule has 0 spiro atoms. The van der Waals surface area contributed by atoms with Crippen LogP contribution in [0, 0.1) is 0 Å². The van der Waals surface area contributed by atoms with E-state index < -0.39 is 53.9 Å². The predicted octanol–water partition coefficient (Wildman–Crippen LogP) is 1.19. The molecule has 0 saturated carbocycles. The molecule has 1 aromatic carbocycles. The maximum absolute atomic E-state index is 12.2. The Morgan fingerprint density at radius 2 is 1.95 bits per heavy atom. The number of rotatable bonds is 11. The molecule has 37 heavy (non-hydrogen) atoms. The summed E-state index contributed by atoms with van der Waals surface area (Å²) in [5.41, 5.74) is -3.33. The van der Waals surface area contributed by atoms with Gasteiger partial charge in [-0.2, -0.15) is 0 Å². The van der Waals surface area contributed by atoms with Crippen LogP contribution in [0.15, 0.2) is 52.2 Å². The molecule has 0 radical (unpaired) electrons. The predicted molar refractivity (Wildman–Crippen MR) is 138 cm³/mol. The normalized spacial score (nSPS) is 26.0. The lowest BCUT2D eigenvalue weighted by Gasteiger charge is -2.29. The number of nitrogens with zero attached hydrogens (tertiary/aromatic N) is 1. The number of aromatic amines is 1. The molecule has 4 N–H and O–H groups in total. The van der Waals surface area contributed by atoms with Gasteiger partial charge in [-0.3, -0.25) is 19.1 Å². The number of esters is 1. The van der Waals surface area contributed by atoms with Crippen molar-refractivity contribution in [2.45, 2.75) is 70.3 Å². The first-order valence-corrected chi connectivity index (χ1v) is 14.3. The minimum atomic E-state index is -3.33. The van der Waals surface area contributed by atoms with E-state index in [0.717, 1.165) is 10.6 Å². The second-order valence-corrected chi connectivity index (χ2v) is 12.3. The standard InChI is InChI=1S/C23H32N3O9PS/c1-14(2)33-19(28)12-15(3)25-36(37,35-16-8-6-5-7-9-16)32-13-17-20(29)23(4,31)21(34-17)26-11-10-18(27)24-22(26)30/h5-11,14-15,17,20-21,29,31H,12-13H2,1-4H3,(H,25,37)(H,24,27,30)/t15?,17-,20-,21-,23-,36?/m1/s1. The fourth-order valence-corrected chi connectivity index (χ4v) is 6.28. The smallest absolute Gasteiger partial charge is 0.330 e. The van der Waals surface area contributed by atoms with Gasteiger partial charge in [0.1, 0.15) is 23.6 Å². The Kier molecular flexibility index (Phi) is 9.46. The van der Waals surface area contributed by atoms with Gasteiger partial charge in [0.25, 0.3) is 5.56 Å². The summed E-state index contributed by atoms with van der Waals surface area (Å²) < 4.78 is 23.9. The molecule has 0 aliphatic carbocycles. The molecule has 1 aliphatic rings. The second kappa shape index (κ2) is 12.0. The van der Waals surface area contributed by atoms with Crippen molar-refractivity contribution in [2.24, 2.45) is 0 Å². The maximum Gasteiger partial charge on any atom is 0.330 e. The van der Waals surface area contributed by atoms with Crippen LogP contribution in [0.4, 0.5) is 0 Å². The Hall–Kier alpha value is -2.38. The molecule has 12 nitrogen and oxygen atoms in total. The van der Waals surface area contributed by atoms with Crippen molar-refractivity contribution < 1.29 is 33.5 Å². The number of ether oxygens (including phenoxy) is 2. The molecule has 0 bridgehead atoms. The van der Waals surface area contributed by atoms with Gasteiger partial charge in [-0.1, -0.05) is 18.2 Å². The molecule has 14 heteroatoms. The fraction of sp³-hybridized carbons (Fsp3) is 0.522. The van der Waals surface area contributed by atoms with Crippen LogP contribution in [0.5, 0.6) is 5.75 Å². The van der Waals surface area contributed by atoms with Crippen molar-refractivity contribution in [1.82, 2.24) is 14.6 Å². The molecular weight excluding hydrogens is 525 g/mol. The number of para-hydroxylation sites is 1. The van der Waals surface area contributed by atoms with E-state index in [9.17, 15) is 24.6 Å². The van der Waals surface area contributed by atoms with E-state index in [1.54, 1.807) is 51.1 Å². The van der Waals surface area contributed by atoms with Crippen molar-refractivity contribution in [3.63, 3.8) is 0 Å². The summed E-state index contributed by atoms with van der Waals surface area (Å²) >= 11 is 5.70. The largest absolute Gasteiger partial charge is 0.463 e. The quantitative estimate of drug-likeness (QED) is 0.232. The first-order chi connectivity index (χ1) is 17.3. The van der Waals surface area contributed by atoms with Crippen LogP contribution >= 0.6 is 6.64 Å². The second-order valence-electron chi connectivity index (χ2n) is 9.19. The zero-order valence-electron chi connectivity index (χ0n) is 20.9. The highest BCUT2D eigenvalue weighted by molar-refractivity contribution is 8.09. The van der Waals surface area contributed by atoms with Gasteiger partial charge in [-0.05, 0) is 51.6 Å². The number of aliphatic hydroxyl groups excluding tert-OH is 1. The highest BCUT2D eigenvalue weighted by Gasteiger charge is 2.53. The summed E-state index contributed by atoms with van der Waals surface area (Å²) in [4.78, 5) is 37.9. The third-order valence-electron chi connectivity index (χ3n) is 5.45. The lowest BCUT2D eigenvalue weighted by molar-refractivity contribution is -0.147. The van der Waals surface area contributed by atoms with Crippen molar-refractivity contribution in [1.29, 1.82) is 0 Å². The van der Waals surface area contributed by atoms with Crippen molar-refractivity contribution >= 4 is 24.4 Å². The van der Waals surface area contributed by atoms with E-state index in [4.69, 9.17) is 30.3 Å². The highest BCUT2D eigenvalue weighted by atomic mass is 32.5. The summed E-state index contributed by atoms with van der Waals surface area (Å²) in [5, 5.41) is 24.8. The van der Waals surface area contributed by atoms with Gasteiger partial charge in [0.2, 0.25) is 0 Å². The molecule has 0 amide bonds. The average molecular weight is 558 g/mol. The fourth-order valence-electron chi connectivity index (χ4n) is 3.75. The molecule has 204 valence electrons. The zero-order valence-corrected chi connectivity index (χ0v) is 22.6. The van der Waals surface area contributed by atoms with E-state index in [1.807, 2.05) is 0 Å². The summed E-state index contributed by atoms with van der Waals surface area (Å²) in [6.45, 7) is 2.88. The van der Waals surface area contributed by atoms with Crippen molar-refractivity contribution in [2.75, 3.05) is 6.61 Å².